The molecule has 2 saturated heterocycles. The van der Waals surface area contributed by atoms with Gasteiger partial charge in [-0.15, -0.1) is 0 Å². The van der Waals surface area contributed by atoms with Gasteiger partial charge in [0, 0.05) is 49.9 Å². The second-order valence-corrected chi connectivity index (χ2v) is 7.80. The third-order valence-electron chi connectivity index (χ3n) is 5.76. The molecule has 0 atom stereocenters. The second-order valence-electron chi connectivity index (χ2n) is 7.80. The molecule has 2 amide bonds. The largest absolute Gasteiger partial charge is 0.357 e. The molecule has 6 nitrogen and oxygen atoms in total. The first kappa shape index (κ1) is 17.3. The van der Waals surface area contributed by atoms with Crippen molar-refractivity contribution in [2.24, 2.45) is 5.92 Å². The van der Waals surface area contributed by atoms with Crippen molar-refractivity contribution in [2.45, 2.75) is 51.0 Å². The van der Waals surface area contributed by atoms with Crippen LogP contribution >= 0.6 is 0 Å². The van der Waals surface area contributed by atoms with Gasteiger partial charge >= 0.3 is 0 Å². The number of rotatable bonds is 4. The quantitative estimate of drug-likeness (QED) is 0.898. The fraction of sp³-hybridized carbons (Fsp3) is 0.650. The van der Waals surface area contributed by atoms with Crippen LogP contribution in [0.1, 0.15) is 55.3 Å². The van der Waals surface area contributed by atoms with Gasteiger partial charge in [0.05, 0.1) is 0 Å². The lowest BCUT2D eigenvalue weighted by Crippen LogP contribution is -2.44. The lowest BCUT2D eigenvalue weighted by molar-refractivity contribution is -0.137. The van der Waals surface area contributed by atoms with Crippen LogP contribution in [0.15, 0.2) is 18.3 Å². The minimum Gasteiger partial charge on any atom is -0.357 e. The first-order chi connectivity index (χ1) is 12.7. The molecular weight excluding hydrogens is 328 g/mol. The number of nitrogens with zero attached hydrogens (tertiary/aromatic N) is 3. The summed E-state index contributed by atoms with van der Waals surface area (Å²) in [7, 11) is 0. The molecule has 1 N–H and O–H groups in total. The van der Waals surface area contributed by atoms with Crippen molar-refractivity contribution in [1.29, 1.82) is 0 Å². The molecule has 140 valence electrons. The normalized spacial score (nSPS) is 21.5. The SMILES string of the molecule is O=C(NC1CC1)c1ccnc(N2CCC(C(=O)N3CCCCC3)CC2)c1. The first-order valence-corrected chi connectivity index (χ1v) is 10.0. The summed E-state index contributed by atoms with van der Waals surface area (Å²) in [6, 6.07) is 4.01. The van der Waals surface area contributed by atoms with Crippen molar-refractivity contribution in [2.75, 3.05) is 31.1 Å². The molecule has 0 radical (unpaired) electrons. The molecule has 0 spiro atoms. The van der Waals surface area contributed by atoms with E-state index in [0.717, 1.165) is 70.5 Å². The van der Waals surface area contributed by atoms with Gasteiger partial charge in [-0.25, -0.2) is 4.98 Å². The van der Waals surface area contributed by atoms with E-state index < -0.39 is 0 Å². The number of aromatic nitrogens is 1. The van der Waals surface area contributed by atoms with Crippen LogP contribution in [0, 0.1) is 5.92 Å². The Kier molecular flexibility index (Phi) is 5.09. The maximum atomic E-state index is 12.7. The highest BCUT2D eigenvalue weighted by molar-refractivity contribution is 5.95. The summed E-state index contributed by atoms with van der Waals surface area (Å²) in [5, 5.41) is 3.02. The predicted molar refractivity (Wildman–Crippen MR) is 100 cm³/mol. The number of carbonyl (C=O) groups excluding carboxylic acids is 2. The van der Waals surface area contributed by atoms with Crippen LogP contribution in [0.5, 0.6) is 0 Å². The van der Waals surface area contributed by atoms with E-state index in [9.17, 15) is 9.59 Å². The third-order valence-corrected chi connectivity index (χ3v) is 5.76. The number of pyridine rings is 1. The number of likely N-dealkylation sites (tertiary alicyclic amines) is 1. The second kappa shape index (κ2) is 7.64. The third kappa shape index (κ3) is 4.00. The molecule has 26 heavy (non-hydrogen) atoms. The standard InChI is InChI=1S/C20H28N4O2/c25-19(22-17-4-5-17)16-6-9-21-18(14-16)23-12-7-15(8-13-23)20(26)24-10-2-1-3-11-24/h6,9,14-15,17H,1-5,7-8,10-13H2,(H,22,25). The molecule has 6 heteroatoms. The predicted octanol–water partition coefficient (Wildman–Crippen LogP) is 2.20. The molecule has 3 fully saturated rings. The summed E-state index contributed by atoms with van der Waals surface area (Å²) in [6.07, 6.45) is 9.16. The van der Waals surface area contributed by atoms with E-state index >= 15 is 0 Å². The van der Waals surface area contributed by atoms with Gasteiger partial charge in [-0.3, -0.25) is 9.59 Å². The molecule has 1 saturated carbocycles. The number of hydrogen-bond donors (Lipinski definition) is 1. The molecule has 2 aliphatic heterocycles. The Balaban J connectivity index is 1.34. The lowest BCUT2D eigenvalue weighted by atomic mass is 9.94. The van der Waals surface area contributed by atoms with E-state index in [1.54, 1.807) is 12.3 Å². The zero-order valence-corrected chi connectivity index (χ0v) is 15.3. The highest BCUT2D eigenvalue weighted by atomic mass is 16.2. The summed E-state index contributed by atoms with van der Waals surface area (Å²) in [6.45, 7) is 3.51. The molecule has 1 aromatic rings. The maximum absolute atomic E-state index is 12.7. The van der Waals surface area contributed by atoms with Crippen molar-refractivity contribution in [3.8, 4) is 0 Å². The lowest BCUT2D eigenvalue weighted by Gasteiger charge is -2.36. The Bertz CT molecular complexity index is 660. The van der Waals surface area contributed by atoms with Gasteiger partial charge in [0.25, 0.3) is 5.91 Å². The zero-order valence-electron chi connectivity index (χ0n) is 15.3. The summed E-state index contributed by atoms with van der Waals surface area (Å²) in [4.78, 5) is 33.6. The van der Waals surface area contributed by atoms with Crippen LogP contribution in [0.4, 0.5) is 5.82 Å². The van der Waals surface area contributed by atoms with Gasteiger partial charge in [0.1, 0.15) is 5.82 Å². The van der Waals surface area contributed by atoms with Crippen molar-refractivity contribution >= 4 is 17.6 Å². The van der Waals surface area contributed by atoms with E-state index in [4.69, 9.17) is 0 Å². The van der Waals surface area contributed by atoms with Crippen LogP contribution in [-0.2, 0) is 4.79 Å². The average Bonchev–Trinajstić information content (AvgIpc) is 3.52. The number of piperidine rings is 2. The van der Waals surface area contributed by atoms with Crippen LogP contribution in [0.3, 0.4) is 0 Å². The van der Waals surface area contributed by atoms with Crippen molar-refractivity contribution in [3.63, 3.8) is 0 Å². The summed E-state index contributed by atoms with van der Waals surface area (Å²) >= 11 is 0. The number of amides is 2. The van der Waals surface area contributed by atoms with Crippen LogP contribution in [0.25, 0.3) is 0 Å². The van der Waals surface area contributed by atoms with Crippen LogP contribution in [-0.4, -0.2) is 53.9 Å². The molecule has 4 rings (SSSR count). The van der Waals surface area contributed by atoms with E-state index in [1.165, 1.54) is 6.42 Å². The van der Waals surface area contributed by atoms with Gasteiger partial charge in [0.15, 0.2) is 0 Å². The topological polar surface area (TPSA) is 65.5 Å². The summed E-state index contributed by atoms with van der Waals surface area (Å²) in [5.41, 5.74) is 0.674. The summed E-state index contributed by atoms with van der Waals surface area (Å²) < 4.78 is 0. The van der Waals surface area contributed by atoms with E-state index in [0.29, 0.717) is 17.5 Å². The highest BCUT2D eigenvalue weighted by Crippen LogP contribution is 2.25. The molecule has 0 unspecified atom stereocenters. The van der Waals surface area contributed by atoms with Crippen LogP contribution in [0.2, 0.25) is 0 Å². The van der Waals surface area contributed by atoms with E-state index in [-0.39, 0.29) is 11.8 Å². The average molecular weight is 356 g/mol. The van der Waals surface area contributed by atoms with E-state index in [1.807, 2.05) is 6.07 Å². The van der Waals surface area contributed by atoms with Crippen molar-refractivity contribution in [3.05, 3.63) is 23.9 Å². The maximum Gasteiger partial charge on any atom is 0.251 e. The molecule has 0 aromatic carbocycles. The fourth-order valence-electron chi connectivity index (χ4n) is 3.96. The monoisotopic (exact) mass is 356 g/mol. The fourth-order valence-corrected chi connectivity index (χ4v) is 3.96. The minimum atomic E-state index is -0.00804. The number of anilines is 1. The Morgan fingerprint density at radius 3 is 2.42 bits per heavy atom. The molecule has 3 aliphatic rings. The Morgan fingerprint density at radius 2 is 1.73 bits per heavy atom. The van der Waals surface area contributed by atoms with Gasteiger partial charge in [0.2, 0.25) is 5.91 Å². The smallest absolute Gasteiger partial charge is 0.251 e. The Labute approximate surface area is 155 Å². The number of carbonyl (C=O) groups is 2. The van der Waals surface area contributed by atoms with Crippen molar-refractivity contribution < 1.29 is 9.59 Å². The first-order valence-electron chi connectivity index (χ1n) is 10.0. The molecule has 1 aromatic heterocycles. The zero-order chi connectivity index (χ0) is 17.9. The van der Waals surface area contributed by atoms with Gasteiger partial charge < -0.3 is 15.1 Å². The Hall–Kier alpha value is -2.11. The van der Waals surface area contributed by atoms with Gasteiger partial charge in [-0.05, 0) is 57.1 Å². The Morgan fingerprint density at radius 1 is 1.00 bits per heavy atom. The number of hydrogen-bond acceptors (Lipinski definition) is 4. The van der Waals surface area contributed by atoms with E-state index in [2.05, 4.69) is 20.1 Å². The molecule has 1 aliphatic carbocycles. The molecule has 3 heterocycles. The van der Waals surface area contributed by atoms with Crippen molar-refractivity contribution in [1.82, 2.24) is 15.2 Å². The van der Waals surface area contributed by atoms with Gasteiger partial charge in [-0.2, -0.15) is 0 Å². The van der Waals surface area contributed by atoms with Gasteiger partial charge in [-0.1, -0.05) is 0 Å². The number of nitrogens with one attached hydrogen (secondary N) is 1. The molecular formula is C20H28N4O2. The molecule has 0 bridgehead atoms. The van der Waals surface area contributed by atoms with Crippen LogP contribution < -0.4 is 10.2 Å². The highest BCUT2D eigenvalue weighted by Gasteiger charge is 2.30. The summed E-state index contributed by atoms with van der Waals surface area (Å²) in [5.74, 6) is 1.32. The minimum absolute atomic E-state index is 0.00804.